The number of imidazole rings is 1. The van der Waals surface area contributed by atoms with Crippen molar-refractivity contribution < 1.29 is 32.5 Å². The number of aromatic carboxylic acids is 1. The Morgan fingerprint density at radius 1 is 1.09 bits per heavy atom. The maximum atomic E-state index is 15.7. The van der Waals surface area contributed by atoms with Crippen LogP contribution in [-0.4, -0.2) is 38.8 Å². The number of aromatic nitrogens is 3. The number of ether oxygens (including phenoxy) is 2. The molecule has 3 heterocycles. The van der Waals surface area contributed by atoms with Crippen molar-refractivity contribution >= 4 is 28.6 Å². The second-order valence-corrected chi connectivity index (χ2v) is 12.1. The number of fused-ring (bicyclic) bond motifs is 1. The summed E-state index contributed by atoms with van der Waals surface area (Å²) in [6, 6.07) is 15.0. The van der Waals surface area contributed by atoms with Crippen LogP contribution in [0, 0.1) is 34.2 Å². The molecule has 1 atom stereocenters. The fraction of sp³-hybridized carbons (Fsp3) is 0.235. The summed E-state index contributed by atoms with van der Waals surface area (Å²) in [6.45, 7) is 4.58. The van der Waals surface area contributed by atoms with Gasteiger partial charge in [0.15, 0.2) is 0 Å². The summed E-state index contributed by atoms with van der Waals surface area (Å²) in [4.78, 5) is 20.7. The van der Waals surface area contributed by atoms with E-state index in [4.69, 9.17) is 26.3 Å². The Balaban J connectivity index is 1.32. The van der Waals surface area contributed by atoms with Crippen LogP contribution in [0.2, 0.25) is 5.02 Å². The summed E-state index contributed by atoms with van der Waals surface area (Å²) in [6.07, 6.45) is -0.115. The summed E-state index contributed by atoms with van der Waals surface area (Å²) in [7, 11) is 0. The first-order valence-electron chi connectivity index (χ1n) is 14.2. The van der Waals surface area contributed by atoms with Gasteiger partial charge in [-0.2, -0.15) is 5.26 Å². The molecule has 1 aliphatic rings. The molecular weight excluding hydrogens is 621 g/mol. The van der Waals surface area contributed by atoms with Crippen molar-refractivity contribution in [2.24, 2.45) is 5.41 Å². The molecule has 0 amide bonds. The lowest BCUT2D eigenvalue weighted by Gasteiger charge is -2.28. The van der Waals surface area contributed by atoms with E-state index in [1.807, 2.05) is 24.5 Å². The fourth-order valence-corrected chi connectivity index (χ4v) is 5.85. The van der Waals surface area contributed by atoms with Crippen LogP contribution in [0.4, 0.5) is 13.2 Å². The number of nitrogens with zero attached hydrogens (tertiary/aromatic N) is 4. The van der Waals surface area contributed by atoms with Crippen LogP contribution >= 0.6 is 11.6 Å². The van der Waals surface area contributed by atoms with E-state index in [2.05, 4.69) is 9.97 Å². The molecule has 1 N–H and O–H groups in total. The first kappa shape index (κ1) is 31.1. The molecule has 0 bridgehead atoms. The van der Waals surface area contributed by atoms with Gasteiger partial charge in [0.05, 0.1) is 52.7 Å². The maximum absolute atomic E-state index is 15.7. The maximum Gasteiger partial charge on any atom is 0.335 e. The first-order chi connectivity index (χ1) is 21.9. The molecule has 2 aromatic heterocycles. The molecule has 12 heteroatoms. The molecule has 5 aromatic rings. The van der Waals surface area contributed by atoms with Crippen molar-refractivity contribution in [3.63, 3.8) is 0 Å². The van der Waals surface area contributed by atoms with Gasteiger partial charge in [0.25, 0.3) is 0 Å². The van der Waals surface area contributed by atoms with Crippen LogP contribution in [-0.2, 0) is 17.8 Å². The third-order valence-corrected chi connectivity index (χ3v) is 8.36. The predicted molar refractivity (Wildman–Crippen MR) is 163 cm³/mol. The van der Waals surface area contributed by atoms with E-state index >= 15 is 8.78 Å². The zero-order chi connectivity index (χ0) is 32.7. The van der Waals surface area contributed by atoms with Crippen LogP contribution in [0.1, 0.15) is 52.8 Å². The summed E-state index contributed by atoms with van der Waals surface area (Å²) >= 11 is 6.46. The topological polar surface area (TPSA) is 110 Å². The standard InChI is InChI=1S/C34H26ClF3N4O4/c1-34(2)17-45-16-29(34)42-28-11-21(33(43)44)9-23(35)32(28)41-30(42)12-20-10-26(38)22(13-25(20)37)27-4-3-5-31(40-27)46-15-19-7-6-18(14-39)8-24(19)36/h3-11,13,29H,12,15-17H2,1-2H3,(H,43,44). The monoisotopic (exact) mass is 646 g/mol. The normalized spacial score (nSPS) is 15.6. The average molecular weight is 647 g/mol. The Morgan fingerprint density at radius 2 is 1.87 bits per heavy atom. The second-order valence-electron chi connectivity index (χ2n) is 11.7. The van der Waals surface area contributed by atoms with Gasteiger partial charge in [-0.05, 0) is 48.0 Å². The van der Waals surface area contributed by atoms with Crippen LogP contribution in [0.15, 0.2) is 60.7 Å². The summed E-state index contributed by atoms with van der Waals surface area (Å²) in [5, 5.41) is 18.7. The molecule has 3 aromatic carbocycles. The zero-order valence-corrected chi connectivity index (χ0v) is 25.4. The van der Waals surface area contributed by atoms with Gasteiger partial charge in [-0.3, -0.25) is 0 Å². The van der Waals surface area contributed by atoms with Crippen molar-refractivity contribution in [1.29, 1.82) is 5.26 Å². The lowest BCUT2D eigenvalue weighted by Crippen LogP contribution is -2.27. The quantitative estimate of drug-likeness (QED) is 0.186. The number of benzene rings is 3. The summed E-state index contributed by atoms with van der Waals surface area (Å²) in [5.41, 5.74) is 0.810. The summed E-state index contributed by atoms with van der Waals surface area (Å²) in [5.74, 6) is -2.77. The highest BCUT2D eigenvalue weighted by molar-refractivity contribution is 6.35. The van der Waals surface area contributed by atoms with E-state index in [-0.39, 0.29) is 68.9 Å². The third-order valence-electron chi connectivity index (χ3n) is 8.07. The minimum absolute atomic E-state index is 0.0211. The Kier molecular flexibility index (Phi) is 8.19. The molecule has 6 rings (SSSR count). The molecule has 1 saturated heterocycles. The van der Waals surface area contributed by atoms with Gasteiger partial charge >= 0.3 is 5.97 Å². The summed E-state index contributed by atoms with van der Waals surface area (Å²) < 4.78 is 58.7. The van der Waals surface area contributed by atoms with E-state index < -0.39 is 23.4 Å². The number of pyridine rings is 1. The molecular formula is C34H26ClF3N4O4. The number of nitriles is 1. The van der Waals surface area contributed by atoms with E-state index in [0.717, 1.165) is 18.2 Å². The number of carboxylic acid groups (broad SMARTS) is 1. The molecule has 0 saturated carbocycles. The molecule has 234 valence electrons. The highest BCUT2D eigenvalue weighted by Gasteiger charge is 2.39. The van der Waals surface area contributed by atoms with Gasteiger partial charge in [0.2, 0.25) is 5.88 Å². The van der Waals surface area contributed by atoms with Crippen molar-refractivity contribution in [3.8, 4) is 23.2 Å². The van der Waals surface area contributed by atoms with Crippen molar-refractivity contribution in [3.05, 3.63) is 111 Å². The molecule has 0 radical (unpaired) electrons. The SMILES string of the molecule is CC1(C)COCC1n1c(Cc2cc(F)c(-c3cccc(OCc4ccc(C#N)cc4F)n3)cc2F)nc2c(Cl)cc(C(=O)O)cc21. The molecule has 1 unspecified atom stereocenters. The van der Waals surface area contributed by atoms with Crippen LogP contribution in [0.5, 0.6) is 5.88 Å². The third kappa shape index (κ3) is 5.89. The number of rotatable bonds is 8. The van der Waals surface area contributed by atoms with Crippen LogP contribution in [0.25, 0.3) is 22.3 Å². The van der Waals surface area contributed by atoms with Gasteiger partial charge in [0, 0.05) is 29.0 Å². The first-order valence-corrected chi connectivity index (χ1v) is 14.6. The molecule has 1 aliphatic heterocycles. The highest BCUT2D eigenvalue weighted by Crippen LogP contribution is 2.41. The largest absolute Gasteiger partial charge is 0.478 e. The second kappa shape index (κ2) is 12.1. The number of carboxylic acids is 1. The van der Waals surface area contributed by atoms with E-state index in [0.29, 0.717) is 30.1 Å². The number of carbonyl (C=O) groups is 1. The van der Waals surface area contributed by atoms with Crippen molar-refractivity contribution in [2.75, 3.05) is 13.2 Å². The molecule has 8 nitrogen and oxygen atoms in total. The smallest absolute Gasteiger partial charge is 0.335 e. The molecule has 0 aliphatic carbocycles. The van der Waals surface area contributed by atoms with Crippen LogP contribution < -0.4 is 4.74 Å². The fourth-order valence-electron chi connectivity index (χ4n) is 5.60. The molecule has 1 fully saturated rings. The lowest BCUT2D eigenvalue weighted by molar-refractivity contribution is 0.0697. The van der Waals surface area contributed by atoms with E-state index in [1.54, 1.807) is 6.07 Å². The zero-order valence-electron chi connectivity index (χ0n) is 24.7. The van der Waals surface area contributed by atoms with Gasteiger partial charge in [-0.25, -0.2) is 27.9 Å². The lowest BCUT2D eigenvalue weighted by atomic mass is 9.87. The minimum Gasteiger partial charge on any atom is -0.478 e. The molecule has 46 heavy (non-hydrogen) atoms. The Bertz CT molecular complexity index is 2060. The predicted octanol–water partition coefficient (Wildman–Crippen LogP) is 7.51. The highest BCUT2D eigenvalue weighted by atomic mass is 35.5. The Labute approximate surface area is 266 Å². The van der Waals surface area contributed by atoms with Gasteiger partial charge < -0.3 is 19.1 Å². The van der Waals surface area contributed by atoms with Gasteiger partial charge in [0.1, 0.15) is 35.4 Å². The minimum atomic E-state index is -1.16. The van der Waals surface area contributed by atoms with Crippen molar-refractivity contribution in [1.82, 2.24) is 14.5 Å². The molecule has 0 spiro atoms. The number of hydrogen-bond donors (Lipinski definition) is 1. The number of halogens is 4. The van der Waals surface area contributed by atoms with E-state index in [9.17, 15) is 14.3 Å². The average Bonchev–Trinajstić information content (AvgIpc) is 3.56. The van der Waals surface area contributed by atoms with Gasteiger partial charge in [-0.1, -0.05) is 37.6 Å². The number of hydrogen-bond acceptors (Lipinski definition) is 6. The van der Waals surface area contributed by atoms with Gasteiger partial charge in [-0.15, -0.1) is 0 Å². The van der Waals surface area contributed by atoms with E-state index in [1.165, 1.54) is 36.4 Å². The Morgan fingerprint density at radius 3 is 2.57 bits per heavy atom. The van der Waals surface area contributed by atoms with Crippen molar-refractivity contribution in [2.45, 2.75) is 32.9 Å². The van der Waals surface area contributed by atoms with Crippen LogP contribution in [0.3, 0.4) is 0 Å². The Hall–Kier alpha value is -4.92.